The summed E-state index contributed by atoms with van der Waals surface area (Å²) < 4.78 is 1.85. The van der Waals surface area contributed by atoms with Gasteiger partial charge in [-0.2, -0.15) is 5.10 Å². The van der Waals surface area contributed by atoms with E-state index in [1.807, 2.05) is 4.68 Å². The molecule has 0 aliphatic rings. The second-order valence-electron chi connectivity index (χ2n) is 4.70. The molecule has 6 nitrogen and oxygen atoms in total. The number of nitrogens with zero attached hydrogens (tertiary/aromatic N) is 4. The molecule has 0 saturated carbocycles. The zero-order valence-electron chi connectivity index (χ0n) is 11.4. The van der Waals surface area contributed by atoms with Gasteiger partial charge in [0.05, 0.1) is 11.3 Å². The lowest BCUT2D eigenvalue weighted by atomic mass is 10.2. The van der Waals surface area contributed by atoms with Crippen molar-refractivity contribution in [2.75, 3.05) is 0 Å². The summed E-state index contributed by atoms with van der Waals surface area (Å²) in [7, 11) is 0. The Bertz CT molecular complexity index is 598. The maximum Gasteiger partial charge on any atom is 0.338 e. The molecule has 2 aromatic heterocycles. The Morgan fingerprint density at radius 1 is 1.45 bits per heavy atom. The van der Waals surface area contributed by atoms with Gasteiger partial charge in [0.1, 0.15) is 17.2 Å². The number of aromatic carboxylic acids is 1. The summed E-state index contributed by atoms with van der Waals surface area (Å²) in [5.74, 6) is 0.879. The molecule has 0 unspecified atom stereocenters. The van der Waals surface area contributed by atoms with Crippen molar-refractivity contribution in [1.29, 1.82) is 0 Å². The van der Waals surface area contributed by atoms with Crippen molar-refractivity contribution >= 4 is 17.7 Å². The van der Waals surface area contributed by atoms with Gasteiger partial charge in [-0.05, 0) is 18.1 Å². The van der Waals surface area contributed by atoms with Crippen LogP contribution in [0.2, 0.25) is 0 Å². The van der Waals surface area contributed by atoms with Gasteiger partial charge in [0, 0.05) is 12.7 Å². The molecule has 0 fully saturated rings. The van der Waals surface area contributed by atoms with Crippen LogP contribution in [-0.2, 0) is 12.3 Å². The smallest absolute Gasteiger partial charge is 0.338 e. The van der Waals surface area contributed by atoms with Crippen LogP contribution in [0.25, 0.3) is 0 Å². The monoisotopic (exact) mass is 292 g/mol. The quantitative estimate of drug-likeness (QED) is 0.823. The van der Waals surface area contributed by atoms with Crippen molar-refractivity contribution in [2.45, 2.75) is 31.2 Å². The highest BCUT2D eigenvalue weighted by molar-refractivity contribution is 7.98. The van der Waals surface area contributed by atoms with Crippen molar-refractivity contribution in [2.24, 2.45) is 5.92 Å². The van der Waals surface area contributed by atoms with E-state index >= 15 is 0 Å². The second kappa shape index (κ2) is 6.51. The van der Waals surface area contributed by atoms with Crippen LogP contribution in [0, 0.1) is 5.92 Å². The number of pyridine rings is 1. The average Bonchev–Trinajstić information content (AvgIpc) is 2.83. The Labute approximate surface area is 121 Å². The van der Waals surface area contributed by atoms with Gasteiger partial charge in [-0.1, -0.05) is 25.6 Å². The van der Waals surface area contributed by atoms with Crippen LogP contribution in [0.4, 0.5) is 0 Å². The summed E-state index contributed by atoms with van der Waals surface area (Å²) in [6, 6.07) is 3.17. The van der Waals surface area contributed by atoms with Gasteiger partial charge in [-0.3, -0.25) is 0 Å². The lowest BCUT2D eigenvalue weighted by molar-refractivity contribution is 0.0692. The Balaban J connectivity index is 2.10. The van der Waals surface area contributed by atoms with Crippen molar-refractivity contribution < 1.29 is 9.90 Å². The van der Waals surface area contributed by atoms with Crippen molar-refractivity contribution in [3.63, 3.8) is 0 Å². The van der Waals surface area contributed by atoms with Crippen LogP contribution in [0.5, 0.6) is 0 Å². The van der Waals surface area contributed by atoms with Gasteiger partial charge in [-0.25, -0.2) is 19.4 Å². The Morgan fingerprint density at radius 2 is 2.25 bits per heavy atom. The SMILES string of the molecule is CC(C)Cn1ncnc1CSc1ncccc1C(=O)O. The van der Waals surface area contributed by atoms with E-state index in [4.69, 9.17) is 5.11 Å². The van der Waals surface area contributed by atoms with Crippen LogP contribution >= 0.6 is 11.8 Å². The number of carboxylic acid groups (broad SMARTS) is 1. The van der Waals surface area contributed by atoms with Crippen molar-refractivity contribution in [3.05, 3.63) is 36.0 Å². The van der Waals surface area contributed by atoms with E-state index in [-0.39, 0.29) is 5.56 Å². The van der Waals surface area contributed by atoms with E-state index in [1.54, 1.807) is 18.3 Å². The van der Waals surface area contributed by atoms with Gasteiger partial charge >= 0.3 is 5.97 Å². The van der Waals surface area contributed by atoms with Crippen LogP contribution < -0.4 is 0 Å². The highest BCUT2D eigenvalue weighted by Gasteiger charge is 2.13. The first-order valence-electron chi connectivity index (χ1n) is 6.25. The van der Waals surface area contributed by atoms with Crippen LogP contribution in [0.3, 0.4) is 0 Å². The van der Waals surface area contributed by atoms with Gasteiger partial charge in [0.2, 0.25) is 0 Å². The summed E-state index contributed by atoms with van der Waals surface area (Å²) in [6.45, 7) is 5.02. The molecule has 0 aromatic carbocycles. The fraction of sp³-hybridized carbons (Fsp3) is 0.385. The molecule has 2 aromatic rings. The minimum atomic E-state index is -0.968. The van der Waals surface area contributed by atoms with Gasteiger partial charge < -0.3 is 5.11 Å². The minimum Gasteiger partial charge on any atom is -0.478 e. The number of carboxylic acids is 1. The highest BCUT2D eigenvalue weighted by atomic mass is 32.2. The Kier molecular flexibility index (Phi) is 4.73. The van der Waals surface area contributed by atoms with Crippen LogP contribution in [0.15, 0.2) is 29.7 Å². The lowest BCUT2D eigenvalue weighted by Crippen LogP contribution is -2.10. The Morgan fingerprint density at radius 3 is 2.95 bits per heavy atom. The zero-order valence-corrected chi connectivity index (χ0v) is 12.2. The lowest BCUT2D eigenvalue weighted by Gasteiger charge is -2.08. The molecular weight excluding hydrogens is 276 g/mol. The summed E-state index contributed by atoms with van der Waals surface area (Å²) in [5.41, 5.74) is 0.215. The number of thioether (sulfide) groups is 1. The number of aromatic nitrogens is 4. The van der Waals surface area contributed by atoms with Crippen molar-refractivity contribution in [1.82, 2.24) is 19.7 Å². The molecule has 0 bridgehead atoms. The number of hydrogen-bond donors (Lipinski definition) is 1. The molecule has 20 heavy (non-hydrogen) atoms. The van der Waals surface area contributed by atoms with E-state index in [0.717, 1.165) is 12.4 Å². The minimum absolute atomic E-state index is 0.215. The summed E-state index contributed by atoms with van der Waals surface area (Å²) >= 11 is 1.36. The predicted octanol–water partition coefficient (Wildman–Crippen LogP) is 2.32. The molecule has 0 saturated heterocycles. The third-order valence-corrected chi connectivity index (χ3v) is 3.57. The highest BCUT2D eigenvalue weighted by Crippen LogP contribution is 2.23. The molecule has 2 rings (SSSR count). The fourth-order valence-corrected chi connectivity index (χ4v) is 2.64. The summed E-state index contributed by atoms with van der Waals surface area (Å²) in [5, 5.41) is 13.8. The average molecular weight is 292 g/mol. The molecule has 2 heterocycles. The number of carbonyl (C=O) groups is 1. The van der Waals surface area contributed by atoms with E-state index in [2.05, 4.69) is 28.9 Å². The standard InChI is InChI=1S/C13H16N4O2S/c1-9(2)6-17-11(15-8-16-17)7-20-12-10(13(18)19)4-3-5-14-12/h3-5,8-9H,6-7H2,1-2H3,(H,18,19). The first kappa shape index (κ1) is 14.5. The molecule has 1 N–H and O–H groups in total. The third kappa shape index (κ3) is 3.57. The summed E-state index contributed by atoms with van der Waals surface area (Å²) in [6.07, 6.45) is 3.11. The fourth-order valence-electron chi connectivity index (χ4n) is 1.70. The zero-order chi connectivity index (χ0) is 14.5. The van der Waals surface area contributed by atoms with Gasteiger partial charge in [0.15, 0.2) is 0 Å². The number of rotatable bonds is 6. The van der Waals surface area contributed by atoms with Crippen LogP contribution in [0.1, 0.15) is 30.0 Å². The number of hydrogen-bond acceptors (Lipinski definition) is 5. The van der Waals surface area contributed by atoms with Gasteiger partial charge in [0.25, 0.3) is 0 Å². The Hall–Kier alpha value is -1.89. The van der Waals surface area contributed by atoms with E-state index in [0.29, 0.717) is 16.7 Å². The van der Waals surface area contributed by atoms with E-state index in [9.17, 15) is 4.79 Å². The van der Waals surface area contributed by atoms with E-state index in [1.165, 1.54) is 18.1 Å². The van der Waals surface area contributed by atoms with Crippen LogP contribution in [-0.4, -0.2) is 30.8 Å². The molecular formula is C13H16N4O2S. The third-order valence-electron chi connectivity index (χ3n) is 2.57. The van der Waals surface area contributed by atoms with E-state index < -0.39 is 5.97 Å². The van der Waals surface area contributed by atoms with Crippen molar-refractivity contribution in [3.8, 4) is 0 Å². The first-order valence-corrected chi connectivity index (χ1v) is 7.24. The maximum absolute atomic E-state index is 11.1. The first-order chi connectivity index (χ1) is 9.58. The molecule has 0 aliphatic carbocycles. The molecule has 0 spiro atoms. The molecule has 106 valence electrons. The molecule has 7 heteroatoms. The second-order valence-corrected chi connectivity index (χ2v) is 5.67. The topological polar surface area (TPSA) is 80.9 Å². The normalized spacial score (nSPS) is 10.9. The predicted molar refractivity (Wildman–Crippen MR) is 75.6 cm³/mol. The largest absolute Gasteiger partial charge is 0.478 e. The molecule has 0 atom stereocenters. The summed E-state index contributed by atoms with van der Waals surface area (Å²) in [4.78, 5) is 19.4. The molecule has 0 amide bonds. The molecule has 0 aliphatic heterocycles. The molecule has 0 radical (unpaired) electrons. The van der Waals surface area contributed by atoms with Gasteiger partial charge in [-0.15, -0.1) is 0 Å². The maximum atomic E-state index is 11.1.